The van der Waals surface area contributed by atoms with Gasteiger partial charge in [0.15, 0.2) is 9.84 Å². The van der Waals surface area contributed by atoms with Gasteiger partial charge in [0, 0.05) is 25.0 Å². The number of sulfone groups is 1. The third-order valence-corrected chi connectivity index (χ3v) is 6.23. The minimum Gasteiger partial charge on any atom is -0.355 e. The molecule has 1 fully saturated rings. The van der Waals surface area contributed by atoms with Crippen LogP contribution in [0, 0.1) is 13.8 Å². The first-order valence-corrected chi connectivity index (χ1v) is 9.77. The van der Waals surface area contributed by atoms with E-state index in [0.29, 0.717) is 12.4 Å². The summed E-state index contributed by atoms with van der Waals surface area (Å²) in [5.74, 6) is 1.67. The predicted octanol–water partition coefficient (Wildman–Crippen LogP) is 2.46. The number of anilines is 3. The average molecular weight is 346 g/mol. The number of aryl methyl sites for hydroxylation is 2. The van der Waals surface area contributed by atoms with Gasteiger partial charge in [-0.3, -0.25) is 0 Å². The molecule has 0 amide bonds. The minimum absolute atomic E-state index is 0.0297. The summed E-state index contributed by atoms with van der Waals surface area (Å²) >= 11 is 0. The topological polar surface area (TPSA) is 75.2 Å². The maximum absolute atomic E-state index is 11.7. The number of nitrogens with one attached hydrogen (secondary N) is 1. The summed E-state index contributed by atoms with van der Waals surface area (Å²) in [5, 5.41) is 3.28. The normalized spacial score (nSPS) is 19.2. The maximum Gasteiger partial charge on any atom is 0.229 e. The number of aromatic nitrogens is 2. The Bertz CT molecular complexity index is 831. The van der Waals surface area contributed by atoms with Crippen LogP contribution in [-0.2, 0) is 9.84 Å². The fourth-order valence-corrected chi connectivity index (χ4v) is 4.77. The maximum atomic E-state index is 11.7. The first-order chi connectivity index (χ1) is 11.4. The minimum atomic E-state index is -2.92. The van der Waals surface area contributed by atoms with E-state index in [2.05, 4.69) is 15.3 Å². The van der Waals surface area contributed by atoms with E-state index in [-0.39, 0.29) is 17.5 Å². The van der Waals surface area contributed by atoms with Crippen molar-refractivity contribution in [2.75, 3.05) is 28.8 Å². The lowest BCUT2D eigenvalue weighted by Crippen LogP contribution is -2.33. The molecular formula is C17H22N4O2S. The van der Waals surface area contributed by atoms with Crippen LogP contribution in [0.5, 0.6) is 0 Å². The third-order valence-electron chi connectivity index (χ3n) is 4.48. The van der Waals surface area contributed by atoms with Gasteiger partial charge in [-0.2, -0.15) is 4.98 Å². The molecular weight excluding hydrogens is 324 g/mol. The van der Waals surface area contributed by atoms with E-state index in [1.54, 1.807) is 12.3 Å². The second-order valence-corrected chi connectivity index (χ2v) is 8.53. The molecule has 1 unspecified atom stereocenters. The second-order valence-electron chi connectivity index (χ2n) is 6.30. The average Bonchev–Trinajstić information content (AvgIpc) is 2.91. The Morgan fingerprint density at radius 1 is 1.21 bits per heavy atom. The lowest BCUT2D eigenvalue weighted by atomic mass is 10.1. The van der Waals surface area contributed by atoms with E-state index in [9.17, 15) is 8.42 Å². The molecule has 1 aliphatic rings. The summed E-state index contributed by atoms with van der Waals surface area (Å²) in [6, 6.07) is 7.86. The highest BCUT2D eigenvalue weighted by Crippen LogP contribution is 2.25. The quantitative estimate of drug-likeness (QED) is 0.916. The number of para-hydroxylation sites is 1. The van der Waals surface area contributed by atoms with Crippen molar-refractivity contribution >= 4 is 27.3 Å². The van der Waals surface area contributed by atoms with Crippen LogP contribution in [0.4, 0.5) is 17.5 Å². The van der Waals surface area contributed by atoms with Crippen LogP contribution in [0.1, 0.15) is 17.5 Å². The summed E-state index contributed by atoms with van der Waals surface area (Å²) in [6.45, 7) is 4.07. The molecule has 1 saturated heterocycles. The molecule has 1 atom stereocenters. The highest BCUT2D eigenvalue weighted by Gasteiger charge is 2.31. The molecule has 7 heteroatoms. The molecule has 0 aliphatic carbocycles. The van der Waals surface area contributed by atoms with Gasteiger partial charge in [0.2, 0.25) is 5.95 Å². The zero-order chi connectivity index (χ0) is 17.3. The largest absolute Gasteiger partial charge is 0.355 e. The standard InChI is InChI=1S/C17H22N4O2S/c1-12-5-4-6-13(2)16(12)20-17-18-9-7-15(19-17)21(3)14-8-10-24(22,23)11-14/h4-7,9,14H,8,10-11H2,1-3H3,(H,18,19,20). The van der Waals surface area contributed by atoms with Gasteiger partial charge in [-0.1, -0.05) is 18.2 Å². The molecule has 1 N–H and O–H groups in total. The number of rotatable bonds is 4. The Morgan fingerprint density at radius 3 is 2.54 bits per heavy atom. The van der Waals surface area contributed by atoms with Crippen molar-refractivity contribution in [3.8, 4) is 0 Å². The first kappa shape index (κ1) is 16.7. The molecule has 2 heterocycles. The van der Waals surface area contributed by atoms with E-state index in [4.69, 9.17) is 0 Å². The molecule has 1 aromatic heterocycles. The highest BCUT2D eigenvalue weighted by molar-refractivity contribution is 7.91. The van der Waals surface area contributed by atoms with Gasteiger partial charge in [-0.15, -0.1) is 0 Å². The van der Waals surface area contributed by atoms with E-state index in [1.807, 2.05) is 44.0 Å². The van der Waals surface area contributed by atoms with E-state index >= 15 is 0 Å². The highest BCUT2D eigenvalue weighted by atomic mass is 32.2. The number of hydrogen-bond donors (Lipinski definition) is 1. The van der Waals surface area contributed by atoms with E-state index in [0.717, 1.165) is 22.6 Å². The van der Waals surface area contributed by atoms with Gasteiger partial charge in [0.25, 0.3) is 0 Å². The van der Waals surface area contributed by atoms with Crippen molar-refractivity contribution in [3.63, 3.8) is 0 Å². The van der Waals surface area contributed by atoms with Crippen molar-refractivity contribution in [1.82, 2.24) is 9.97 Å². The van der Waals surface area contributed by atoms with Gasteiger partial charge in [0.1, 0.15) is 5.82 Å². The van der Waals surface area contributed by atoms with Crippen LogP contribution in [0.3, 0.4) is 0 Å². The monoisotopic (exact) mass is 346 g/mol. The van der Waals surface area contributed by atoms with Crippen molar-refractivity contribution in [2.45, 2.75) is 26.3 Å². The molecule has 0 saturated carbocycles. The van der Waals surface area contributed by atoms with E-state index < -0.39 is 9.84 Å². The van der Waals surface area contributed by atoms with Crippen molar-refractivity contribution < 1.29 is 8.42 Å². The fraction of sp³-hybridized carbons (Fsp3) is 0.412. The summed E-state index contributed by atoms with van der Waals surface area (Å²) in [4.78, 5) is 10.8. The van der Waals surface area contributed by atoms with Crippen LogP contribution < -0.4 is 10.2 Å². The van der Waals surface area contributed by atoms with Crippen LogP contribution in [0.2, 0.25) is 0 Å². The second kappa shape index (κ2) is 6.39. The molecule has 24 heavy (non-hydrogen) atoms. The van der Waals surface area contributed by atoms with Gasteiger partial charge >= 0.3 is 0 Å². The van der Waals surface area contributed by atoms with Crippen molar-refractivity contribution in [2.24, 2.45) is 0 Å². The van der Waals surface area contributed by atoms with Gasteiger partial charge < -0.3 is 10.2 Å². The lowest BCUT2D eigenvalue weighted by Gasteiger charge is -2.24. The molecule has 3 rings (SSSR count). The molecule has 6 nitrogen and oxygen atoms in total. The first-order valence-electron chi connectivity index (χ1n) is 7.95. The van der Waals surface area contributed by atoms with Gasteiger partial charge in [0.05, 0.1) is 11.5 Å². The number of benzene rings is 1. The van der Waals surface area contributed by atoms with Crippen LogP contribution in [0.15, 0.2) is 30.5 Å². The van der Waals surface area contributed by atoms with Crippen molar-refractivity contribution in [3.05, 3.63) is 41.6 Å². The predicted molar refractivity (Wildman–Crippen MR) is 96.7 cm³/mol. The summed E-state index contributed by atoms with van der Waals surface area (Å²) in [7, 11) is -1.03. The molecule has 1 aliphatic heterocycles. The Balaban J connectivity index is 1.82. The third kappa shape index (κ3) is 3.51. The Morgan fingerprint density at radius 2 is 1.92 bits per heavy atom. The Kier molecular flexibility index (Phi) is 4.45. The van der Waals surface area contributed by atoms with E-state index in [1.165, 1.54) is 0 Å². The summed E-state index contributed by atoms with van der Waals surface area (Å²) < 4.78 is 23.4. The number of hydrogen-bond acceptors (Lipinski definition) is 6. The summed E-state index contributed by atoms with van der Waals surface area (Å²) in [6.07, 6.45) is 2.33. The molecule has 2 aromatic rings. The number of nitrogens with zero attached hydrogens (tertiary/aromatic N) is 3. The SMILES string of the molecule is Cc1cccc(C)c1Nc1nccc(N(C)C2CCS(=O)(=O)C2)n1. The van der Waals surface area contributed by atoms with Crippen molar-refractivity contribution in [1.29, 1.82) is 0 Å². The molecule has 1 aromatic carbocycles. The van der Waals surface area contributed by atoms with Crippen LogP contribution >= 0.6 is 0 Å². The molecule has 128 valence electrons. The smallest absolute Gasteiger partial charge is 0.229 e. The Hall–Kier alpha value is -2.15. The lowest BCUT2D eigenvalue weighted by molar-refractivity contribution is 0.600. The molecule has 0 bridgehead atoms. The Labute approximate surface area is 142 Å². The van der Waals surface area contributed by atoms with Crippen LogP contribution in [0.25, 0.3) is 0 Å². The summed E-state index contributed by atoms with van der Waals surface area (Å²) in [5.41, 5.74) is 3.25. The zero-order valence-corrected chi connectivity index (χ0v) is 15.0. The zero-order valence-electron chi connectivity index (χ0n) is 14.2. The fourth-order valence-electron chi connectivity index (χ4n) is 3.00. The van der Waals surface area contributed by atoms with Gasteiger partial charge in [-0.25, -0.2) is 13.4 Å². The molecule has 0 spiro atoms. The molecule has 0 radical (unpaired) electrons. The van der Waals surface area contributed by atoms with Gasteiger partial charge in [-0.05, 0) is 37.5 Å². The van der Waals surface area contributed by atoms with Crippen LogP contribution in [-0.4, -0.2) is 43.0 Å².